The van der Waals surface area contributed by atoms with Crippen molar-refractivity contribution in [3.63, 3.8) is 0 Å². The second kappa shape index (κ2) is 65.3. The minimum atomic E-state index is -0.845. The van der Waals surface area contributed by atoms with Crippen molar-refractivity contribution in [1.82, 2.24) is 0 Å². The molecular formula is C73H114O6. The molecule has 0 N–H and O–H groups in total. The first kappa shape index (κ1) is 73.8. The lowest BCUT2D eigenvalue weighted by Crippen LogP contribution is -2.30. The Balaban J connectivity index is 4.55. The molecule has 0 radical (unpaired) electrons. The topological polar surface area (TPSA) is 78.9 Å². The Morgan fingerprint density at radius 1 is 0.278 bits per heavy atom. The van der Waals surface area contributed by atoms with Crippen LogP contribution in [0.25, 0.3) is 0 Å². The van der Waals surface area contributed by atoms with Crippen LogP contribution in [-0.2, 0) is 28.6 Å². The highest BCUT2D eigenvalue weighted by molar-refractivity contribution is 5.72. The molecule has 1 atom stereocenters. The SMILES string of the molecule is CC/C=C\C/C=C\C/C=C\C/C=C\C/C=C\C/C=C\C/C=C\CCCCCC(=O)OCC(COC(=O)C/C=C\C/C=C\C/C=C\C/C=C\C/C=C\CC)OC(=O)CCCCCCCCCCC/C=C\C/C=C\CCCCCCC. The number of esters is 3. The van der Waals surface area contributed by atoms with E-state index >= 15 is 0 Å². The Morgan fingerprint density at radius 3 is 0.899 bits per heavy atom. The van der Waals surface area contributed by atoms with Crippen molar-refractivity contribution < 1.29 is 28.6 Å². The summed E-state index contributed by atoms with van der Waals surface area (Å²) >= 11 is 0. The van der Waals surface area contributed by atoms with E-state index in [9.17, 15) is 14.4 Å². The average molecular weight is 1090 g/mol. The number of carbonyl (C=O) groups is 3. The van der Waals surface area contributed by atoms with Crippen molar-refractivity contribution in [3.8, 4) is 0 Å². The van der Waals surface area contributed by atoms with Gasteiger partial charge in [-0.05, 0) is 135 Å². The quantitative estimate of drug-likeness (QED) is 0.0261. The van der Waals surface area contributed by atoms with E-state index in [0.717, 1.165) is 128 Å². The molecule has 79 heavy (non-hydrogen) atoms. The number of carbonyl (C=O) groups excluding carboxylic acids is 3. The summed E-state index contributed by atoms with van der Waals surface area (Å²) in [5.74, 6) is -1.11. The molecule has 0 rings (SSSR count). The van der Waals surface area contributed by atoms with Crippen molar-refractivity contribution in [3.05, 3.63) is 170 Å². The third-order valence-corrected chi connectivity index (χ3v) is 12.7. The number of unbranched alkanes of at least 4 members (excludes halogenated alkanes) is 17. The average Bonchev–Trinajstić information content (AvgIpc) is 3.45. The van der Waals surface area contributed by atoms with Gasteiger partial charge in [0.1, 0.15) is 13.2 Å². The van der Waals surface area contributed by atoms with Gasteiger partial charge in [0.15, 0.2) is 6.10 Å². The molecule has 0 fully saturated rings. The normalized spacial score (nSPS) is 13.3. The van der Waals surface area contributed by atoms with E-state index in [4.69, 9.17) is 14.2 Å². The fraction of sp³-hybridized carbons (Fsp3) is 0.575. The van der Waals surface area contributed by atoms with Gasteiger partial charge in [-0.25, -0.2) is 0 Å². The van der Waals surface area contributed by atoms with Crippen LogP contribution in [0.5, 0.6) is 0 Å². The molecule has 6 nitrogen and oxygen atoms in total. The smallest absolute Gasteiger partial charge is 0.309 e. The predicted octanol–water partition coefficient (Wildman–Crippen LogP) is 21.9. The molecule has 0 aromatic carbocycles. The summed E-state index contributed by atoms with van der Waals surface area (Å²) in [6.45, 7) is 6.28. The Kier molecular flexibility index (Phi) is 61.0. The highest BCUT2D eigenvalue weighted by Gasteiger charge is 2.19. The highest BCUT2D eigenvalue weighted by Crippen LogP contribution is 2.14. The molecule has 0 saturated carbocycles. The summed E-state index contributed by atoms with van der Waals surface area (Å²) in [6.07, 6.45) is 96.6. The number of ether oxygens (including phenoxy) is 3. The largest absolute Gasteiger partial charge is 0.462 e. The lowest BCUT2D eigenvalue weighted by Gasteiger charge is -2.18. The van der Waals surface area contributed by atoms with E-state index in [1.807, 2.05) is 6.08 Å². The summed E-state index contributed by atoms with van der Waals surface area (Å²) in [6, 6.07) is 0. The van der Waals surface area contributed by atoms with Crippen LogP contribution in [0.3, 0.4) is 0 Å². The van der Waals surface area contributed by atoms with Crippen LogP contribution >= 0.6 is 0 Å². The van der Waals surface area contributed by atoms with Crippen LogP contribution in [0.1, 0.15) is 252 Å². The molecule has 0 aromatic heterocycles. The molecule has 6 heteroatoms. The Morgan fingerprint density at radius 2 is 0.544 bits per heavy atom. The molecule has 0 heterocycles. The van der Waals surface area contributed by atoms with Crippen LogP contribution in [-0.4, -0.2) is 37.2 Å². The van der Waals surface area contributed by atoms with Gasteiger partial charge in [-0.1, -0.05) is 268 Å². The van der Waals surface area contributed by atoms with Crippen LogP contribution in [0.4, 0.5) is 0 Å². The Bertz CT molecular complexity index is 1820. The fourth-order valence-corrected chi connectivity index (χ4v) is 8.05. The predicted molar refractivity (Wildman–Crippen MR) is 343 cm³/mol. The molecule has 442 valence electrons. The second-order valence-electron chi connectivity index (χ2n) is 20.2. The fourth-order valence-electron chi connectivity index (χ4n) is 8.05. The van der Waals surface area contributed by atoms with E-state index in [2.05, 4.69) is 179 Å². The van der Waals surface area contributed by atoms with Gasteiger partial charge in [0.05, 0.1) is 6.42 Å². The summed E-state index contributed by atoms with van der Waals surface area (Å²) < 4.78 is 16.8. The van der Waals surface area contributed by atoms with Gasteiger partial charge in [0, 0.05) is 12.8 Å². The summed E-state index contributed by atoms with van der Waals surface area (Å²) in [5.41, 5.74) is 0. The third-order valence-electron chi connectivity index (χ3n) is 12.7. The zero-order valence-corrected chi connectivity index (χ0v) is 50.6. The molecular weight excluding hydrogens is 973 g/mol. The summed E-state index contributed by atoms with van der Waals surface area (Å²) in [5, 5.41) is 0. The Hall–Kier alpha value is -5.23. The van der Waals surface area contributed by atoms with Gasteiger partial charge in [0.25, 0.3) is 0 Å². The third kappa shape index (κ3) is 63.5. The Labute approximate surface area is 485 Å². The second-order valence-corrected chi connectivity index (χ2v) is 20.2. The lowest BCUT2D eigenvalue weighted by atomic mass is 10.1. The minimum absolute atomic E-state index is 0.112. The first-order valence-corrected chi connectivity index (χ1v) is 31.6. The van der Waals surface area contributed by atoms with Gasteiger partial charge in [-0.2, -0.15) is 0 Å². The van der Waals surface area contributed by atoms with E-state index in [0.29, 0.717) is 6.42 Å². The molecule has 0 aliphatic heterocycles. The van der Waals surface area contributed by atoms with Crippen molar-refractivity contribution in [2.75, 3.05) is 13.2 Å². The lowest BCUT2D eigenvalue weighted by molar-refractivity contribution is -0.166. The summed E-state index contributed by atoms with van der Waals surface area (Å²) in [4.78, 5) is 38.3. The maximum atomic E-state index is 12.9. The van der Waals surface area contributed by atoms with Crippen LogP contribution < -0.4 is 0 Å². The van der Waals surface area contributed by atoms with E-state index < -0.39 is 12.1 Å². The van der Waals surface area contributed by atoms with Crippen molar-refractivity contribution in [1.29, 1.82) is 0 Å². The standard InChI is InChI=1S/C73H114O6/c1-4-7-10-13-16-19-22-25-28-30-32-34-35-36-37-39-40-42-45-48-51-54-57-60-63-66-72(75)78-69-70(68-77-71(74)65-62-59-56-53-50-47-44-27-24-21-18-15-12-9-6-3)79-73(76)67-64-61-58-55-52-49-46-43-41-38-33-31-29-26-23-20-17-14-11-8-5-2/h7,9-10,12,16,18-19,21,23,25-28,31-34,36-37,40,42,44,48,50-51,53,59,62,70H,4-6,8,11,13-15,17,20,22,24,29-30,35,38-39,41,43,45-47,49,52,54-58,60-61,63-69H2,1-3H3/b10-7-,12-9-,19-16-,21-18-,26-23-,28-25-,33-31-,34-32-,37-36-,42-40-,44-27-,51-48-,53-50-,62-59-. The number of allylic oxidation sites excluding steroid dienone is 27. The van der Waals surface area contributed by atoms with Gasteiger partial charge in [-0.3, -0.25) is 14.4 Å². The number of hydrogen-bond donors (Lipinski definition) is 0. The minimum Gasteiger partial charge on any atom is -0.462 e. The first-order valence-electron chi connectivity index (χ1n) is 31.6. The molecule has 0 bridgehead atoms. The zero-order chi connectivity index (χ0) is 57.1. The van der Waals surface area contributed by atoms with Crippen molar-refractivity contribution in [2.45, 2.75) is 258 Å². The van der Waals surface area contributed by atoms with Crippen molar-refractivity contribution >= 4 is 17.9 Å². The van der Waals surface area contributed by atoms with E-state index in [-0.39, 0.29) is 38.0 Å². The molecule has 1 unspecified atom stereocenters. The van der Waals surface area contributed by atoms with Gasteiger partial charge in [0.2, 0.25) is 0 Å². The van der Waals surface area contributed by atoms with Gasteiger partial charge >= 0.3 is 17.9 Å². The molecule has 0 aromatic rings. The monoisotopic (exact) mass is 1090 g/mol. The van der Waals surface area contributed by atoms with E-state index in [1.165, 1.54) is 83.5 Å². The zero-order valence-electron chi connectivity index (χ0n) is 50.6. The summed E-state index contributed by atoms with van der Waals surface area (Å²) in [7, 11) is 0. The highest BCUT2D eigenvalue weighted by atomic mass is 16.6. The van der Waals surface area contributed by atoms with Gasteiger partial charge < -0.3 is 14.2 Å². The van der Waals surface area contributed by atoms with Gasteiger partial charge in [-0.15, -0.1) is 0 Å². The molecule has 0 saturated heterocycles. The molecule has 0 aliphatic carbocycles. The molecule has 0 spiro atoms. The van der Waals surface area contributed by atoms with E-state index in [1.54, 1.807) is 6.08 Å². The van der Waals surface area contributed by atoms with Crippen LogP contribution in [0.15, 0.2) is 170 Å². The van der Waals surface area contributed by atoms with Crippen LogP contribution in [0.2, 0.25) is 0 Å². The van der Waals surface area contributed by atoms with Crippen LogP contribution in [0, 0.1) is 0 Å². The number of hydrogen-bond acceptors (Lipinski definition) is 6. The number of rotatable bonds is 55. The molecule has 0 aliphatic rings. The maximum absolute atomic E-state index is 12.9. The maximum Gasteiger partial charge on any atom is 0.309 e. The first-order chi connectivity index (χ1) is 39.0. The van der Waals surface area contributed by atoms with Crippen molar-refractivity contribution in [2.24, 2.45) is 0 Å². The molecule has 0 amide bonds.